The van der Waals surface area contributed by atoms with E-state index in [1.54, 1.807) is 6.42 Å². The van der Waals surface area contributed by atoms with E-state index in [9.17, 15) is 0 Å². The van der Waals surface area contributed by atoms with Crippen LogP contribution in [0.25, 0.3) is 0 Å². The summed E-state index contributed by atoms with van der Waals surface area (Å²) in [7, 11) is 0. The molecule has 0 bridgehead atoms. The highest BCUT2D eigenvalue weighted by Crippen LogP contribution is 2.40. The molecule has 0 heterocycles. The molecule has 18 heavy (non-hydrogen) atoms. The van der Waals surface area contributed by atoms with Gasteiger partial charge in [-0.15, -0.1) is 0 Å². The molecule has 0 aromatic rings. The van der Waals surface area contributed by atoms with Crippen LogP contribution < -0.4 is 5.32 Å². The maximum atomic E-state index is 4.03. The Bertz CT molecular complexity index is 242. The molecular weight excluding hydrogens is 218 g/mol. The Balaban J connectivity index is 1.48. The second kappa shape index (κ2) is 6.41. The molecule has 3 saturated carbocycles. The third-order valence-electron chi connectivity index (χ3n) is 5.87. The maximum Gasteiger partial charge on any atom is 0.00724 e. The van der Waals surface area contributed by atoms with Crippen LogP contribution in [0.1, 0.15) is 83.5 Å². The molecule has 1 nitrogen and oxygen atoms in total. The van der Waals surface area contributed by atoms with Crippen LogP contribution in [0.2, 0.25) is 0 Å². The van der Waals surface area contributed by atoms with E-state index in [-0.39, 0.29) is 0 Å². The zero-order chi connectivity index (χ0) is 12.2. The highest BCUT2D eigenvalue weighted by molar-refractivity contribution is 4.88. The fourth-order valence-electron chi connectivity index (χ4n) is 4.80. The number of rotatable bonds is 2. The van der Waals surface area contributed by atoms with Crippen molar-refractivity contribution >= 4 is 0 Å². The predicted molar refractivity (Wildman–Crippen MR) is 77.7 cm³/mol. The summed E-state index contributed by atoms with van der Waals surface area (Å²) >= 11 is 0. The van der Waals surface area contributed by atoms with Gasteiger partial charge in [0.05, 0.1) is 0 Å². The number of hydrogen-bond acceptors (Lipinski definition) is 1. The van der Waals surface area contributed by atoms with E-state index in [2.05, 4.69) is 5.32 Å². The van der Waals surface area contributed by atoms with Crippen molar-refractivity contribution in [2.24, 2.45) is 11.8 Å². The van der Waals surface area contributed by atoms with Gasteiger partial charge in [0.25, 0.3) is 0 Å². The zero-order valence-corrected chi connectivity index (χ0v) is 12.0. The van der Waals surface area contributed by atoms with Crippen LogP contribution >= 0.6 is 0 Å². The lowest BCUT2D eigenvalue weighted by Gasteiger charge is -2.40. The standard InChI is InChI=1S/C17H31N/c1-2-4-10-16(9-3-1)18-17-12-11-14-7-5-6-8-15(14)13-17/h14-18H,1-13H2. The van der Waals surface area contributed by atoms with Crippen molar-refractivity contribution in [3.8, 4) is 0 Å². The van der Waals surface area contributed by atoms with Crippen LogP contribution in [0.5, 0.6) is 0 Å². The van der Waals surface area contributed by atoms with E-state index >= 15 is 0 Å². The molecule has 3 aliphatic rings. The highest BCUT2D eigenvalue weighted by atomic mass is 15.0. The van der Waals surface area contributed by atoms with Crippen molar-refractivity contribution in [1.82, 2.24) is 5.32 Å². The summed E-state index contributed by atoms with van der Waals surface area (Å²) in [5, 5.41) is 4.03. The van der Waals surface area contributed by atoms with E-state index < -0.39 is 0 Å². The van der Waals surface area contributed by atoms with Crippen LogP contribution in [0, 0.1) is 11.8 Å². The van der Waals surface area contributed by atoms with Gasteiger partial charge in [-0.2, -0.15) is 0 Å². The fraction of sp³-hybridized carbons (Fsp3) is 1.00. The van der Waals surface area contributed by atoms with E-state index in [0.717, 1.165) is 23.9 Å². The molecule has 1 heteroatoms. The number of fused-ring (bicyclic) bond motifs is 1. The van der Waals surface area contributed by atoms with Crippen LogP contribution in [0.3, 0.4) is 0 Å². The molecule has 0 spiro atoms. The predicted octanol–water partition coefficient (Wildman–Crippen LogP) is 4.66. The Kier molecular flexibility index (Phi) is 4.62. The zero-order valence-electron chi connectivity index (χ0n) is 12.0. The summed E-state index contributed by atoms with van der Waals surface area (Å²) in [6.07, 6.45) is 19.4. The van der Waals surface area contributed by atoms with Crippen molar-refractivity contribution in [2.75, 3.05) is 0 Å². The van der Waals surface area contributed by atoms with Crippen molar-refractivity contribution in [1.29, 1.82) is 0 Å². The molecule has 0 amide bonds. The average molecular weight is 249 g/mol. The monoisotopic (exact) mass is 249 g/mol. The summed E-state index contributed by atoms with van der Waals surface area (Å²) < 4.78 is 0. The first-order valence-electron chi connectivity index (χ1n) is 8.68. The minimum absolute atomic E-state index is 0.859. The molecule has 0 saturated heterocycles. The fourth-order valence-corrected chi connectivity index (χ4v) is 4.80. The van der Waals surface area contributed by atoms with Crippen LogP contribution in [-0.4, -0.2) is 12.1 Å². The van der Waals surface area contributed by atoms with Gasteiger partial charge in [-0.3, -0.25) is 0 Å². The molecule has 104 valence electrons. The van der Waals surface area contributed by atoms with Gasteiger partial charge in [0.2, 0.25) is 0 Å². The Morgan fingerprint density at radius 3 is 1.94 bits per heavy atom. The van der Waals surface area contributed by atoms with Crippen molar-refractivity contribution in [3.63, 3.8) is 0 Å². The van der Waals surface area contributed by atoms with Crippen molar-refractivity contribution < 1.29 is 0 Å². The summed E-state index contributed by atoms with van der Waals surface area (Å²) in [5.74, 6) is 2.18. The Morgan fingerprint density at radius 1 is 0.500 bits per heavy atom. The van der Waals surface area contributed by atoms with Crippen molar-refractivity contribution in [3.05, 3.63) is 0 Å². The molecule has 3 atom stereocenters. The van der Waals surface area contributed by atoms with Gasteiger partial charge < -0.3 is 5.32 Å². The van der Waals surface area contributed by atoms with E-state index in [4.69, 9.17) is 0 Å². The van der Waals surface area contributed by atoms with Gasteiger partial charge in [-0.1, -0.05) is 51.4 Å². The SMILES string of the molecule is C1CCCC(NC2CCC3CCCCC3C2)CC1. The molecule has 3 fully saturated rings. The second-order valence-corrected chi connectivity index (χ2v) is 7.17. The smallest absolute Gasteiger partial charge is 0.00724 e. The lowest BCUT2D eigenvalue weighted by Crippen LogP contribution is -2.43. The van der Waals surface area contributed by atoms with Gasteiger partial charge in [0.15, 0.2) is 0 Å². The Morgan fingerprint density at radius 2 is 1.17 bits per heavy atom. The quantitative estimate of drug-likeness (QED) is 0.702. The van der Waals surface area contributed by atoms with Crippen molar-refractivity contribution in [2.45, 2.75) is 95.6 Å². The summed E-state index contributed by atoms with van der Waals surface area (Å²) in [6, 6.07) is 1.73. The highest BCUT2D eigenvalue weighted by Gasteiger charge is 2.32. The summed E-state index contributed by atoms with van der Waals surface area (Å²) in [5.41, 5.74) is 0. The molecule has 0 aliphatic heterocycles. The minimum atomic E-state index is 0.859. The Hall–Kier alpha value is -0.0400. The lowest BCUT2D eigenvalue weighted by atomic mass is 9.69. The Labute approximate surface area is 113 Å². The molecular formula is C17H31N. The first-order chi connectivity index (χ1) is 8.92. The van der Waals surface area contributed by atoms with Gasteiger partial charge >= 0.3 is 0 Å². The van der Waals surface area contributed by atoms with Gasteiger partial charge in [0, 0.05) is 12.1 Å². The molecule has 3 aliphatic carbocycles. The number of hydrogen-bond donors (Lipinski definition) is 1. The van der Waals surface area contributed by atoms with Crippen LogP contribution in [0.15, 0.2) is 0 Å². The molecule has 0 radical (unpaired) electrons. The molecule has 3 rings (SSSR count). The molecule has 0 aromatic carbocycles. The van der Waals surface area contributed by atoms with Crippen LogP contribution in [-0.2, 0) is 0 Å². The topological polar surface area (TPSA) is 12.0 Å². The molecule has 1 N–H and O–H groups in total. The number of nitrogens with one attached hydrogen (secondary N) is 1. The van der Waals surface area contributed by atoms with E-state index in [0.29, 0.717) is 0 Å². The summed E-state index contributed by atoms with van der Waals surface area (Å²) in [6.45, 7) is 0. The lowest BCUT2D eigenvalue weighted by molar-refractivity contribution is 0.137. The average Bonchev–Trinajstić information content (AvgIpc) is 2.67. The van der Waals surface area contributed by atoms with E-state index in [1.165, 1.54) is 77.0 Å². The second-order valence-electron chi connectivity index (χ2n) is 7.17. The third kappa shape index (κ3) is 3.29. The summed E-state index contributed by atoms with van der Waals surface area (Å²) in [4.78, 5) is 0. The minimum Gasteiger partial charge on any atom is -0.311 e. The van der Waals surface area contributed by atoms with E-state index in [1.807, 2.05) is 0 Å². The molecule has 0 aromatic heterocycles. The first kappa shape index (κ1) is 13.0. The third-order valence-corrected chi connectivity index (χ3v) is 5.87. The van der Waals surface area contributed by atoms with Crippen LogP contribution in [0.4, 0.5) is 0 Å². The maximum absolute atomic E-state index is 4.03. The van der Waals surface area contributed by atoms with Gasteiger partial charge in [-0.25, -0.2) is 0 Å². The molecule has 3 unspecified atom stereocenters. The van der Waals surface area contributed by atoms with Gasteiger partial charge in [0.1, 0.15) is 0 Å². The normalized spacial score (nSPS) is 39.0. The van der Waals surface area contributed by atoms with Gasteiger partial charge in [-0.05, 0) is 43.9 Å². The first-order valence-corrected chi connectivity index (χ1v) is 8.68. The largest absolute Gasteiger partial charge is 0.311 e.